The van der Waals surface area contributed by atoms with Crippen molar-refractivity contribution in [2.45, 2.75) is 58.8 Å². The molecule has 0 aromatic rings. The van der Waals surface area contributed by atoms with E-state index >= 15 is 0 Å². The monoisotopic (exact) mass is 208 g/mol. The molecule has 1 fully saturated rings. The normalized spacial score (nSPS) is 27.1. The van der Waals surface area contributed by atoms with Crippen LogP contribution in [0.25, 0.3) is 0 Å². The third-order valence-electron chi connectivity index (χ3n) is 3.45. The summed E-state index contributed by atoms with van der Waals surface area (Å²) in [6, 6.07) is 0. The second-order valence-electron chi connectivity index (χ2n) is 4.74. The molecular formula is C14H24O. The van der Waals surface area contributed by atoms with Crippen LogP contribution in [0.4, 0.5) is 0 Å². The van der Waals surface area contributed by atoms with E-state index in [2.05, 4.69) is 19.1 Å². The zero-order valence-corrected chi connectivity index (χ0v) is 10.2. The van der Waals surface area contributed by atoms with E-state index in [9.17, 15) is 4.79 Å². The molecule has 0 radical (unpaired) electrons. The zero-order valence-electron chi connectivity index (χ0n) is 10.2. The van der Waals surface area contributed by atoms with Crippen LogP contribution < -0.4 is 0 Å². The second-order valence-corrected chi connectivity index (χ2v) is 4.74. The summed E-state index contributed by atoms with van der Waals surface area (Å²) in [7, 11) is 0. The lowest BCUT2D eigenvalue weighted by molar-refractivity contribution is -0.122. The first-order valence-corrected chi connectivity index (χ1v) is 6.42. The highest BCUT2D eigenvalue weighted by Gasteiger charge is 2.26. The van der Waals surface area contributed by atoms with Gasteiger partial charge in [0, 0.05) is 5.92 Å². The maximum atomic E-state index is 11.5. The van der Waals surface area contributed by atoms with Gasteiger partial charge >= 0.3 is 0 Å². The van der Waals surface area contributed by atoms with Gasteiger partial charge < -0.3 is 0 Å². The molecule has 1 nitrogen and oxygen atoms in total. The lowest BCUT2D eigenvalue weighted by Crippen LogP contribution is -2.23. The lowest BCUT2D eigenvalue weighted by Gasteiger charge is -2.27. The molecule has 0 spiro atoms. The fourth-order valence-corrected chi connectivity index (χ4v) is 2.49. The van der Waals surface area contributed by atoms with Crippen molar-refractivity contribution in [2.75, 3.05) is 0 Å². The SMILES string of the molecule is CCCC/C=C/C1CCCCC1C(C)=O. The summed E-state index contributed by atoms with van der Waals surface area (Å²) in [5.74, 6) is 1.24. The molecule has 0 saturated heterocycles. The molecule has 0 aliphatic heterocycles. The number of rotatable bonds is 5. The molecule has 2 unspecified atom stereocenters. The molecule has 1 rings (SSSR count). The fraction of sp³-hybridized carbons (Fsp3) is 0.786. The largest absolute Gasteiger partial charge is 0.300 e. The summed E-state index contributed by atoms with van der Waals surface area (Å²) in [6.07, 6.45) is 13.2. The molecule has 0 amide bonds. The van der Waals surface area contributed by atoms with Crippen molar-refractivity contribution < 1.29 is 4.79 Å². The van der Waals surface area contributed by atoms with Gasteiger partial charge in [0.15, 0.2) is 0 Å². The van der Waals surface area contributed by atoms with Gasteiger partial charge in [-0.15, -0.1) is 0 Å². The van der Waals surface area contributed by atoms with Crippen LogP contribution in [0.3, 0.4) is 0 Å². The molecular weight excluding hydrogens is 184 g/mol. The average molecular weight is 208 g/mol. The van der Waals surface area contributed by atoms with E-state index in [1.807, 2.05) is 0 Å². The molecule has 1 saturated carbocycles. The quantitative estimate of drug-likeness (QED) is 0.490. The first-order valence-electron chi connectivity index (χ1n) is 6.42. The summed E-state index contributed by atoms with van der Waals surface area (Å²) < 4.78 is 0. The molecule has 0 aromatic carbocycles. The molecule has 2 atom stereocenters. The van der Waals surface area contributed by atoms with Crippen LogP contribution in [0.5, 0.6) is 0 Å². The Hall–Kier alpha value is -0.590. The minimum absolute atomic E-state index is 0.316. The van der Waals surface area contributed by atoms with Crippen LogP contribution in [0.1, 0.15) is 58.8 Å². The number of unbranched alkanes of at least 4 members (excludes halogenated alkanes) is 2. The molecule has 0 N–H and O–H groups in total. The van der Waals surface area contributed by atoms with E-state index in [-0.39, 0.29) is 0 Å². The summed E-state index contributed by atoms with van der Waals surface area (Å²) in [5, 5.41) is 0. The highest BCUT2D eigenvalue weighted by molar-refractivity contribution is 5.78. The maximum absolute atomic E-state index is 11.5. The van der Waals surface area contributed by atoms with Gasteiger partial charge in [0.1, 0.15) is 5.78 Å². The van der Waals surface area contributed by atoms with Crippen LogP contribution in [0, 0.1) is 11.8 Å². The number of carbonyl (C=O) groups excluding carboxylic acids is 1. The Morgan fingerprint density at radius 3 is 2.73 bits per heavy atom. The molecule has 0 heterocycles. The Kier molecular flexibility index (Phi) is 5.67. The number of allylic oxidation sites excluding steroid dienone is 2. The van der Waals surface area contributed by atoms with Crippen molar-refractivity contribution in [1.29, 1.82) is 0 Å². The second kappa shape index (κ2) is 6.81. The summed E-state index contributed by atoms with van der Waals surface area (Å²) >= 11 is 0. The Balaban J connectivity index is 2.42. The van der Waals surface area contributed by atoms with Crippen molar-refractivity contribution in [3.63, 3.8) is 0 Å². The molecule has 1 heteroatoms. The molecule has 15 heavy (non-hydrogen) atoms. The standard InChI is InChI=1S/C14H24O/c1-3-4-5-6-9-13-10-7-8-11-14(13)12(2)15/h6,9,13-14H,3-5,7-8,10-11H2,1-2H3/b9-6+. The number of ketones is 1. The van der Waals surface area contributed by atoms with E-state index in [1.165, 1.54) is 38.5 Å². The summed E-state index contributed by atoms with van der Waals surface area (Å²) in [5.41, 5.74) is 0. The van der Waals surface area contributed by atoms with E-state index in [0.717, 1.165) is 6.42 Å². The third-order valence-corrected chi connectivity index (χ3v) is 3.45. The predicted octanol–water partition coefficient (Wildman–Crippen LogP) is 4.13. The fourth-order valence-electron chi connectivity index (χ4n) is 2.49. The first kappa shape index (κ1) is 12.5. The van der Waals surface area contributed by atoms with Crippen molar-refractivity contribution in [2.24, 2.45) is 11.8 Å². The number of hydrogen-bond donors (Lipinski definition) is 0. The zero-order chi connectivity index (χ0) is 11.1. The smallest absolute Gasteiger partial charge is 0.133 e. The van der Waals surface area contributed by atoms with E-state index in [0.29, 0.717) is 17.6 Å². The maximum Gasteiger partial charge on any atom is 0.133 e. The average Bonchev–Trinajstić information content (AvgIpc) is 2.25. The van der Waals surface area contributed by atoms with Crippen LogP contribution >= 0.6 is 0 Å². The van der Waals surface area contributed by atoms with E-state index < -0.39 is 0 Å². The number of carbonyl (C=O) groups is 1. The Labute approximate surface area is 93.9 Å². The minimum atomic E-state index is 0.316. The molecule has 0 bridgehead atoms. The van der Waals surface area contributed by atoms with Gasteiger partial charge in [0.25, 0.3) is 0 Å². The molecule has 86 valence electrons. The first-order chi connectivity index (χ1) is 7.25. The van der Waals surface area contributed by atoms with Crippen LogP contribution in [0.2, 0.25) is 0 Å². The number of hydrogen-bond acceptors (Lipinski definition) is 1. The minimum Gasteiger partial charge on any atom is -0.300 e. The van der Waals surface area contributed by atoms with Crippen LogP contribution in [-0.4, -0.2) is 5.78 Å². The highest BCUT2D eigenvalue weighted by atomic mass is 16.1. The molecule has 1 aliphatic rings. The Bertz CT molecular complexity index is 217. The summed E-state index contributed by atoms with van der Waals surface area (Å²) in [6.45, 7) is 3.97. The third kappa shape index (κ3) is 4.19. The number of Topliss-reactive ketones (excluding diaryl/α,β-unsaturated/α-hetero) is 1. The van der Waals surface area contributed by atoms with Crippen LogP contribution in [-0.2, 0) is 4.79 Å². The lowest BCUT2D eigenvalue weighted by atomic mass is 9.77. The van der Waals surface area contributed by atoms with Gasteiger partial charge in [-0.3, -0.25) is 4.79 Å². The Morgan fingerprint density at radius 2 is 2.07 bits per heavy atom. The van der Waals surface area contributed by atoms with Gasteiger partial charge in [0.05, 0.1) is 0 Å². The Morgan fingerprint density at radius 1 is 1.33 bits per heavy atom. The predicted molar refractivity (Wildman–Crippen MR) is 64.8 cm³/mol. The summed E-state index contributed by atoms with van der Waals surface area (Å²) in [4.78, 5) is 11.5. The van der Waals surface area contributed by atoms with Gasteiger partial charge in [0.2, 0.25) is 0 Å². The van der Waals surface area contributed by atoms with Gasteiger partial charge in [-0.05, 0) is 32.1 Å². The van der Waals surface area contributed by atoms with Crippen molar-refractivity contribution >= 4 is 5.78 Å². The van der Waals surface area contributed by atoms with Crippen molar-refractivity contribution in [1.82, 2.24) is 0 Å². The van der Waals surface area contributed by atoms with E-state index in [1.54, 1.807) is 6.92 Å². The molecule has 1 aliphatic carbocycles. The van der Waals surface area contributed by atoms with Gasteiger partial charge in [-0.25, -0.2) is 0 Å². The van der Waals surface area contributed by atoms with Gasteiger partial charge in [-0.2, -0.15) is 0 Å². The van der Waals surface area contributed by atoms with Crippen molar-refractivity contribution in [3.05, 3.63) is 12.2 Å². The van der Waals surface area contributed by atoms with Crippen LogP contribution in [0.15, 0.2) is 12.2 Å². The highest BCUT2D eigenvalue weighted by Crippen LogP contribution is 2.31. The molecule has 0 aromatic heterocycles. The van der Waals surface area contributed by atoms with E-state index in [4.69, 9.17) is 0 Å². The topological polar surface area (TPSA) is 17.1 Å². The van der Waals surface area contributed by atoms with Crippen molar-refractivity contribution in [3.8, 4) is 0 Å². The van der Waals surface area contributed by atoms with Gasteiger partial charge in [-0.1, -0.05) is 44.8 Å².